The summed E-state index contributed by atoms with van der Waals surface area (Å²) in [7, 11) is 1.96. The molecular weight excluding hydrogens is 352 g/mol. The molecule has 2 heterocycles. The number of rotatable bonds is 4. The van der Waals surface area contributed by atoms with E-state index in [2.05, 4.69) is 17.2 Å². The lowest BCUT2D eigenvalue weighted by Gasteiger charge is -2.16. The molecule has 0 saturated carbocycles. The van der Waals surface area contributed by atoms with Gasteiger partial charge in [-0.2, -0.15) is 5.10 Å². The Morgan fingerprint density at radius 3 is 2.88 bits per heavy atom. The highest BCUT2D eigenvalue weighted by Gasteiger charge is 2.31. The summed E-state index contributed by atoms with van der Waals surface area (Å²) in [4.78, 5) is 14.4. The van der Waals surface area contributed by atoms with Gasteiger partial charge in [0, 0.05) is 17.5 Å². The van der Waals surface area contributed by atoms with Gasteiger partial charge in [-0.3, -0.25) is 4.68 Å². The van der Waals surface area contributed by atoms with Crippen LogP contribution in [0.4, 0.5) is 0 Å². The van der Waals surface area contributed by atoms with Crippen molar-refractivity contribution in [3.8, 4) is 11.3 Å². The van der Waals surface area contributed by atoms with Crippen LogP contribution in [0.2, 0.25) is 0 Å². The van der Waals surface area contributed by atoms with E-state index in [1.54, 1.807) is 23.1 Å². The Kier molecular flexibility index (Phi) is 4.39. The van der Waals surface area contributed by atoms with Crippen molar-refractivity contribution in [3.63, 3.8) is 0 Å². The standard InChI is InChI=1S/C19H18N2O2S2/c1-3-23-18(22)17-14-10-9-12-11-20-21(2)16(12)15(14)19(25-17)24-13-7-5-4-6-8-13/h4-8,11H,3,9-10H2,1-2H3. The van der Waals surface area contributed by atoms with E-state index in [1.807, 2.05) is 43.0 Å². The molecule has 4 nitrogen and oxygen atoms in total. The van der Waals surface area contributed by atoms with Gasteiger partial charge in [-0.05, 0) is 43.0 Å². The van der Waals surface area contributed by atoms with Crippen molar-refractivity contribution in [2.75, 3.05) is 6.61 Å². The zero-order valence-corrected chi connectivity index (χ0v) is 15.7. The number of hydrogen-bond donors (Lipinski definition) is 0. The van der Waals surface area contributed by atoms with Crippen LogP contribution in [0.15, 0.2) is 45.6 Å². The highest BCUT2D eigenvalue weighted by molar-refractivity contribution is 8.01. The molecule has 25 heavy (non-hydrogen) atoms. The number of ether oxygens (including phenoxy) is 1. The summed E-state index contributed by atoms with van der Waals surface area (Å²) in [6, 6.07) is 10.3. The van der Waals surface area contributed by atoms with E-state index in [-0.39, 0.29) is 5.97 Å². The van der Waals surface area contributed by atoms with E-state index in [9.17, 15) is 4.79 Å². The van der Waals surface area contributed by atoms with Crippen molar-refractivity contribution >= 4 is 29.1 Å². The molecule has 1 aliphatic carbocycles. The molecule has 0 radical (unpaired) electrons. The molecule has 1 aliphatic rings. The SMILES string of the molecule is CCOC(=O)c1sc(Sc2ccccc2)c2c1CCc1cnn(C)c1-2. The topological polar surface area (TPSA) is 44.1 Å². The van der Waals surface area contributed by atoms with Crippen LogP contribution in [0, 0.1) is 0 Å². The lowest BCUT2D eigenvalue weighted by Crippen LogP contribution is -2.10. The summed E-state index contributed by atoms with van der Waals surface area (Å²) in [6.45, 7) is 2.24. The minimum Gasteiger partial charge on any atom is -0.462 e. The fraction of sp³-hybridized carbons (Fsp3) is 0.263. The summed E-state index contributed by atoms with van der Waals surface area (Å²) in [5.74, 6) is -0.214. The number of aromatic nitrogens is 2. The third kappa shape index (κ3) is 2.89. The molecule has 0 bridgehead atoms. The molecule has 0 aliphatic heterocycles. The van der Waals surface area contributed by atoms with Gasteiger partial charge in [-0.25, -0.2) is 4.79 Å². The summed E-state index contributed by atoms with van der Waals surface area (Å²) in [6.07, 6.45) is 3.71. The molecule has 0 spiro atoms. The number of hydrogen-bond acceptors (Lipinski definition) is 5. The molecule has 128 valence electrons. The Hall–Kier alpha value is -2.05. The van der Waals surface area contributed by atoms with Crippen molar-refractivity contribution in [3.05, 3.63) is 52.5 Å². The van der Waals surface area contributed by atoms with E-state index in [4.69, 9.17) is 4.74 Å². The Morgan fingerprint density at radius 1 is 1.32 bits per heavy atom. The second-order valence-corrected chi connectivity index (χ2v) is 8.21. The number of benzene rings is 1. The molecule has 0 N–H and O–H groups in total. The van der Waals surface area contributed by atoms with Gasteiger partial charge < -0.3 is 4.74 Å². The van der Waals surface area contributed by atoms with E-state index in [0.29, 0.717) is 6.61 Å². The van der Waals surface area contributed by atoms with Gasteiger partial charge >= 0.3 is 5.97 Å². The number of nitrogens with zero attached hydrogens (tertiary/aromatic N) is 2. The summed E-state index contributed by atoms with van der Waals surface area (Å²) >= 11 is 3.25. The maximum absolute atomic E-state index is 12.5. The smallest absolute Gasteiger partial charge is 0.348 e. The average molecular weight is 370 g/mol. The quantitative estimate of drug-likeness (QED) is 0.631. The van der Waals surface area contributed by atoms with Crippen molar-refractivity contribution < 1.29 is 9.53 Å². The minimum atomic E-state index is -0.214. The molecule has 0 amide bonds. The zero-order chi connectivity index (χ0) is 17.4. The van der Waals surface area contributed by atoms with E-state index < -0.39 is 0 Å². The first kappa shape index (κ1) is 16.4. The van der Waals surface area contributed by atoms with Crippen LogP contribution in [-0.4, -0.2) is 22.4 Å². The number of fused-ring (bicyclic) bond motifs is 3. The van der Waals surface area contributed by atoms with Crippen LogP contribution in [0.1, 0.15) is 27.7 Å². The third-order valence-electron chi connectivity index (χ3n) is 4.29. The molecule has 3 aromatic rings. The average Bonchev–Trinajstić information content (AvgIpc) is 3.17. The Bertz CT molecular complexity index is 929. The predicted molar refractivity (Wildman–Crippen MR) is 100 cm³/mol. The molecule has 1 aromatic carbocycles. The summed E-state index contributed by atoms with van der Waals surface area (Å²) in [5, 5.41) is 4.43. The summed E-state index contributed by atoms with van der Waals surface area (Å²) < 4.78 is 8.35. The van der Waals surface area contributed by atoms with Gasteiger partial charge in [0.05, 0.1) is 22.7 Å². The molecule has 4 rings (SSSR count). The first-order chi connectivity index (χ1) is 12.2. The lowest BCUT2D eigenvalue weighted by molar-refractivity contribution is 0.0531. The van der Waals surface area contributed by atoms with Crippen molar-refractivity contribution in [2.24, 2.45) is 7.05 Å². The molecule has 0 fully saturated rings. The number of carbonyl (C=O) groups excluding carboxylic acids is 1. The number of aryl methyl sites for hydroxylation is 2. The second kappa shape index (κ2) is 6.69. The van der Waals surface area contributed by atoms with Gasteiger partial charge in [0.1, 0.15) is 4.88 Å². The highest BCUT2D eigenvalue weighted by atomic mass is 32.2. The molecule has 2 aromatic heterocycles. The maximum Gasteiger partial charge on any atom is 0.348 e. The fourth-order valence-electron chi connectivity index (χ4n) is 3.20. The number of esters is 1. The monoisotopic (exact) mass is 370 g/mol. The van der Waals surface area contributed by atoms with Crippen LogP contribution in [0.25, 0.3) is 11.3 Å². The van der Waals surface area contributed by atoms with Crippen molar-refractivity contribution in [2.45, 2.75) is 28.9 Å². The van der Waals surface area contributed by atoms with Crippen LogP contribution in [-0.2, 0) is 24.6 Å². The Balaban J connectivity index is 1.87. The Morgan fingerprint density at radius 2 is 2.12 bits per heavy atom. The summed E-state index contributed by atoms with van der Waals surface area (Å²) in [5.41, 5.74) is 4.64. The van der Waals surface area contributed by atoms with Gasteiger partial charge in [-0.1, -0.05) is 30.0 Å². The van der Waals surface area contributed by atoms with E-state index >= 15 is 0 Å². The first-order valence-corrected chi connectivity index (χ1v) is 9.89. The zero-order valence-electron chi connectivity index (χ0n) is 14.1. The van der Waals surface area contributed by atoms with Crippen LogP contribution >= 0.6 is 23.1 Å². The van der Waals surface area contributed by atoms with Gasteiger partial charge in [0.2, 0.25) is 0 Å². The number of carbonyl (C=O) groups is 1. The molecule has 0 saturated heterocycles. The fourth-order valence-corrected chi connectivity index (χ4v) is 5.71. The molecule has 0 unspecified atom stereocenters. The molecule has 0 atom stereocenters. The minimum absolute atomic E-state index is 0.214. The van der Waals surface area contributed by atoms with Crippen LogP contribution in [0.3, 0.4) is 0 Å². The maximum atomic E-state index is 12.5. The van der Waals surface area contributed by atoms with Gasteiger partial charge in [-0.15, -0.1) is 11.3 Å². The normalized spacial score (nSPS) is 12.6. The Labute approximate surface area is 154 Å². The molecule has 6 heteroatoms. The lowest BCUT2D eigenvalue weighted by atomic mass is 9.92. The van der Waals surface area contributed by atoms with E-state index in [1.165, 1.54) is 5.56 Å². The predicted octanol–water partition coefficient (Wildman–Crippen LogP) is 4.58. The van der Waals surface area contributed by atoms with Crippen LogP contribution < -0.4 is 0 Å². The second-order valence-electron chi connectivity index (χ2n) is 5.85. The highest BCUT2D eigenvalue weighted by Crippen LogP contribution is 2.48. The van der Waals surface area contributed by atoms with E-state index in [0.717, 1.165) is 43.6 Å². The largest absolute Gasteiger partial charge is 0.462 e. The number of thiophene rings is 1. The van der Waals surface area contributed by atoms with Crippen LogP contribution in [0.5, 0.6) is 0 Å². The van der Waals surface area contributed by atoms with Crippen molar-refractivity contribution in [1.82, 2.24) is 9.78 Å². The van der Waals surface area contributed by atoms with Gasteiger partial charge in [0.25, 0.3) is 0 Å². The molecular formula is C19H18N2O2S2. The van der Waals surface area contributed by atoms with Crippen molar-refractivity contribution in [1.29, 1.82) is 0 Å². The first-order valence-electron chi connectivity index (χ1n) is 8.26. The third-order valence-corrected chi connectivity index (χ3v) is 6.69. The van der Waals surface area contributed by atoms with Gasteiger partial charge in [0.15, 0.2) is 0 Å².